The molecule has 1 fully saturated rings. The van der Waals surface area contributed by atoms with Gasteiger partial charge in [-0.25, -0.2) is 0 Å². The minimum Gasteiger partial charge on any atom is -0.390 e. The van der Waals surface area contributed by atoms with Gasteiger partial charge >= 0.3 is 0 Å². The largest absolute Gasteiger partial charge is 0.390 e. The average molecular weight is 248 g/mol. The molecule has 0 amide bonds. The molecule has 0 bridgehead atoms. The van der Waals surface area contributed by atoms with Gasteiger partial charge < -0.3 is 14.6 Å². The second-order valence-corrected chi connectivity index (χ2v) is 5.48. The van der Waals surface area contributed by atoms with Crippen molar-refractivity contribution in [2.45, 2.75) is 31.8 Å². The number of aliphatic hydroxyl groups excluding tert-OH is 1. The molecule has 0 aromatic carbocycles. The van der Waals surface area contributed by atoms with E-state index in [4.69, 9.17) is 9.47 Å². The third kappa shape index (κ3) is 6.74. The molecular weight excluding hydrogens is 224 g/mol. The molecule has 1 atom stereocenters. The van der Waals surface area contributed by atoms with E-state index in [-0.39, 0.29) is 6.10 Å². The summed E-state index contributed by atoms with van der Waals surface area (Å²) in [5.41, 5.74) is 0. The van der Waals surface area contributed by atoms with Gasteiger partial charge in [-0.05, 0) is 24.5 Å². The van der Waals surface area contributed by atoms with Crippen molar-refractivity contribution in [3.05, 3.63) is 0 Å². The number of thioether (sulfide) groups is 1. The number of ether oxygens (including phenoxy) is 2. The van der Waals surface area contributed by atoms with Gasteiger partial charge in [0.15, 0.2) is 0 Å². The zero-order chi connectivity index (χ0) is 11.6. The molecule has 96 valence electrons. The molecule has 0 spiro atoms. The van der Waals surface area contributed by atoms with E-state index in [0.29, 0.717) is 19.8 Å². The van der Waals surface area contributed by atoms with E-state index < -0.39 is 0 Å². The highest BCUT2D eigenvalue weighted by atomic mass is 32.2. The molecule has 1 aliphatic carbocycles. The quantitative estimate of drug-likeness (QED) is 0.633. The summed E-state index contributed by atoms with van der Waals surface area (Å²) >= 11 is 1.86. The van der Waals surface area contributed by atoms with Gasteiger partial charge in [-0.3, -0.25) is 0 Å². The van der Waals surface area contributed by atoms with E-state index in [1.165, 1.54) is 31.4 Å². The van der Waals surface area contributed by atoms with Gasteiger partial charge in [-0.2, -0.15) is 11.8 Å². The van der Waals surface area contributed by atoms with Crippen LogP contribution in [0.4, 0.5) is 0 Å². The van der Waals surface area contributed by atoms with E-state index in [1.54, 1.807) is 7.11 Å². The zero-order valence-electron chi connectivity index (χ0n) is 10.2. The summed E-state index contributed by atoms with van der Waals surface area (Å²) < 4.78 is 10.1. The third-order valence-electron chi connectivity index (χ3n) is 2.88. The fourth-order valence-electron chi connectivity index (χ4n) is 1.96. The van der Waals surface area contributed by atoms with Gasteiger partial charge in [0.1, 0.15) is 0 Å². The molecule has 0 heterocycles. The maximum Gasteiger partial charge on any atom is 0.0863 e. The lowest BCUT2D eigenvalue weighted by Gasteiger charge is -2.12. The van der Waals surface area contributed by atoms with Crippen LogP contribution in [0.1, 0.15) is 25.7 Å². The molecule has 0 saturated heterocycles. The van der Waals surface area contributed by atoms with Crippen LogP contribution in [0, 0.1) is 5.92 Å². The Balaban J connectivity index is 1.87. The second kappa shape index (κ2) is 9.28. The standard InChI is InChI=1S/C12H24O3S/c1-14-6-7-15-8-12(13)10-16-9-11-4-2-3-5-11/h11-13H,2-10H2,1H3. The second-order valence-electron chi connectivity index (χ2n) is 4.41. The molecular formula is C12H24O3S. The first-order valence-electron chi connectivity index (χ1n) is 6.15. The summed E-state index contributed by atoms with van der Waals surface area (Å²) in [5.74, 6) is 2.89. The topological polar surface area (TPSA) is 38.7 Å². The number of aliphatic hydroxyl groups is 1. The van der Waals surface area contributed by atoms with E-state index in [1.807, 2.05) is 11.8 Å². The highest BCUT2D eigenvalue weighted by molar-refractivity contribution is 7.99. The monoisotopic (exact) mass is 248 g/mol. The molecule has 1 aliphatic rings. The van der Waals surface area contributed by atoms with Crippen molar-refractivity contribution in [3.63, 3.8) is 0 Å². The predicted octanol–water partition coefficient (Wildman–Crippen LogP) is 1.93. The normalized spacial score (nSPS) is 19.1. The molecule has 1 N–H and O–H groups in total. The molecule has 4 heteroatoms. The maximum absolute atomic E-state index is 9.64. The van der Waals surface area contributed by atoms with Crippen LogP contribution in [0.5, 0.6) is 0 Å². The van der Waals surface area contributed by atoms with Gasteiger partial charge in [0.2, 0.25) is 0 Å². The van der Waals surface area contributed by atoms with E-state index >= 15 is 0 Å². The molecule has 3 nitrogen and oxygen atoms in total. The van der Waals surface area contributed by atoms with E-state index in [2.05, 4.69) is 0 Å². The highest BCUT2D eigenvalue weighted by Crippen LogP contribution is 2.27. The molecule has 0 aliphatic heterocycles. The Morgan fingerprint density at radius 3 is 2.75 bits per heavy atom. The van der Waals surface area contributed by atoms with Gasteiger partial charge in [0.25, 0.3) is 0 Å². The van der Waals surface area contributed by atoms with Crippen molar-refractivity contribution in [1.29, 1.82) is 0 Å². The predicted molar refractivity (Wildman–Crippen MR) is 68.0 cm³/mol. The lowest BCUT2D eigenvalue weighted by Crippen LogP contribution is -2.20. The van der Waals surface area contributed by atoms with Crippen molar-refractivity contribution in [3.8, 4) is 0 Å². The lowest BCUT2D eigenvalue weighted by atomic mass is 10.1. The first-order chi connectivity index (χ1) is 7.83. The van der Waals surface area contributed by atoms with Crippen molar-refractivity contribution in [2.24, 2.45) is 5.92 Å². The van der Waals surface area contributed by atoms with Crippen LogP contribution in [-0.2, 0) is 9.47 Å². The molecule has 16 heavy (non-hydrogen) atoms. The van der Waals surface area contributed by atoms with Crippen LogP contribution in [0.3, 0.4) is 0 Å². The number of hydrogen-bond donors (Lipinski definition) is 1. The van der Waals surface area contributed by atoms with E-state index in [0.717, 1.165) is 11.7 Å². The smallest absolute Gasteiger partial charge is 0.0863 e. The molecule has 0 radical (unpaired) electrons. The number of methoxy groups -OCH3 is 1. The summed E-state index contributed by atoms with van der Waals surface area (Å²) in [7, 11) is 1.65. The average Bonchev–Trinajstić information content (AvgIpc) is 2.77. The summed E-state index contributed by atoms with van der Waals surface area (Å²) in [6.45, 7) is 1.60. The summed E-state index contributed by atoms with van der Waals surface area (Å²) in [4.78, 5) is 0. The van der Waals surface area contributed by atoms with Gasteiger partial charge in [0, 0.05) is 12.9 Å². The van der Waals surface area contributed by atoms with E-state index in [9.17, 15) is 5.11 Å². The molecule has 1 unspecified atom stereocenters. The number of hydrogen-bond acceptors (Lipinski definition) is 4. The van der Waals surface area contributed by atoms with Gasteiger partial charge in [-0.15, -0.1) is 0 Å². The Hall–Kier alpha value is 0.230. The van der Waals surface area contributed by atoms with Crippen LogP contribution < -0.4 is 0 Å². The first-order valence-corrected chi connectivity index (χ1v) is 7.31. The zero-order valence-corrected chi connectivity index (χ0v) is 11.0. The minimum atomic E-state index is -0.330. The Kier molecular flexibility index (Phi) is 8.29. The number of rotatable bonds is 9. The van der Waals surface area contributed by atoms with Crippen LogP contribution in [0.25, 0.3) is 0 Å². The molecule has 1 saturated carbocycles. The summed E-state index contributed by atoms with van der Waals surface area (Å²) in [6, 6.07) is 0. The van der Waals surface area contributed by atoms with Crippen LogP contribution in [0.15, 0.2) is 0 Å². The third-order valence-corrected chi connectivity index (χ3v) is 4.21. The lowest BCUT2D eigenvalue weighted by molar-refractivity contribution is 0.0218. The summed E-state index contributed by atoms with van der Waals surface area (Å²) in [6.07, 6.45) is 5.23. The molecule has 0 aromatic rings. The first kappa shape index (κ1) is 14.3. The van der Waals surface area contributed by atoms with Crippen LogP contribution in [0.2, 0.25) is 0 Å². The fourth-order valence-corrected chi connectivity index (χ4v) is 3.13. The summed E-state index contributed by atoms with van der Waals surface area (Å²) in [5, 5.41) is 9.64. The Labute approximate surface area is 103 Å². The van der Waals surface area contributed by atoms with Crippen molar-refractivity contribution in [1.82, 2.24) is 0 Å². The van der Waals surface area contributed by atoms with Crippen LogP contribution >= 0.6 is 11.8 Å². The SMILES string of the molecule is COCCOCC(O)CSCC1CCCC1. The fraction of sp³-hybridized carbons (Fsp3) is 1.00. The maximum atomic E-state index is 9.64. The van der Waals surface area contributed by atoms with Crippen molar-refractivity contribution < 1.29 is 14.6 Å². The van der Waals surface area contributed by atoms with Gasteiger partial charge in [0.05, 0.1) is 25.9 Å². The van der Waals surface area contributed by atoms with Crippen LogP contribution in [-0.4, -0.2) is 49.6 Å². The highest BCUT2D eigenvalue weighted by Gasteiger charge is 2.15. The minimum absolute atomic E-state index is 0.330. The van der Waals surface area contributed by atoms with Crippen molar-refractivity contribution in [2.75, 3.05) is 38.4 Å². The Morgan fingerprint density at radius 2 is 2.06 bits per heavy atom. The Bertz CT molecular complexity index is 160. The van der Waals surface area contributed by atoms with Gasteiger partial charge in [-0.1, -0.05) is 12.8 Å². The Morgan fingerprint density at radius 1 is 1.31 bits per heavy atom. The molecule has 1 rings (SSSR count). The van der Waals surface area contributed by atoms with Crippen molar-refractivity contribution >= 4 is 11.8 Å². The molecule has 0 aromatic heterocycles.